The van der Waals surface area contributed by atoms with Crippen LogP contribution in [0.15, 0.2) is 77.0 Å². The van der Waals surface area contributed by atoms with Gasteiger partial charge in [-0.3, -0.25) is 4.90 Å². The van der Waals surface area contributed by atoms with Gasteiger partial charge in [0.2, 0.25) is 5.82 Å². The van der Waals surface area contributed by atoms with Crippen LogP contribution in [0.3, 0.4) is 0 Å². The Kier molecular flexibility index (Phi) is 6.48. The third kappa shape index (κ3) is 4.70. The number of hydrogen-bond acceptors (Lipinski definition) is 5. The number of urea groups is 1. The standard InChI is InChI=1S/C29H27FN4O3/c1-5-36-23-14-11-21(12-15-23)27-32-28(37-33-27)25-19(4)34(22-13-8-18(3)24(30)16-22)29(35)31-26(25)20-9-6-17(2)7-10-20/h6-16,26H,5H2,1-4H3,(H,31,35). The molecule has 8 heteroatoms. The average molecular weight is 499 g/mol. The number of carbonyl (C=O) groups is 1. The van der Waals surface area contributed by atoms with E-state index in [1.807, 2.05) is 62.4 Å². The third-order valence-electron chi connectivity index (χ3n) is 6.39. The number of hydrogen-bond donors (Lipinski definition) is 1. The fourth-order valence-electron chi connectivity index (χ4n) is 4.38. The summed E-state index contributed by atoms with van der Waals surface area (Å²) in [7, 11) is 0. The van der Waals surface area contributed by atoms with Crippen molar-refractivity contribution in [3.63, 3.8) is 0 Å². The molecule has 188 valence electrons. The highest BCUT2D eigenvalue weighted by Crippen LogP contribution is 2.39. The van der Waals surface area contributed by atoms with E-state index in [1.54, 1.807) is 26.0 Å². The number of rotatable bonds is 6. The zero-order chi connectivity index (χ0) is 26.1. The zero-order valence-corrected chi connectivity index (χ0v) is 21.1. The number of anilines is 1. The molecular weight excluding hydrogens is 471 g/mol. The van der Waals surface area contributed by atoms with E-state index in [4.69, 9.17) is 9.26 Å². The molecule has 2 amide bonds. The molecule has 1 aliphatic rings. The lowest BCUT2D eigenvalue weighted by molar-refractivity contribution is 0.244. The lowest BCUT2D eigenvalue weighted by Crippen LogP contribution is -2.46. The van der Waals surface area contributed by atoms with Crippen LogP contribution in [0.1, 0.15) is 42.5 Å². The smallest absolute Gasteiger partial charge is 0.327 e. The Bertz CT molecular complexity index is 1480. The Balaban J connectivity index is 1.61. The highest BCUT2D eigenvalue weighted by molar-refractivity contribution is 6.01. The first-order valence-electron chi connectivity index (χ1n) is 12.1. The van der Waals surface area contributed by atoms with Crippen LogP contribution < -0.4 is 15.0 Å². The lowest BCUT2D eigenvalue weighted by Gasteiger charge is -2.35. The Hall–Kier alpha value is -4.46. The molecule has 2 heterocycles. The van der Waals surface area contributed by atoms with Crippen LogP contribution in [-0.2, 0) is 0 Å². The van der Waals surface area contributed by atoms with E-state index in [-0.39, 0.29) is 11.9 Å². The monoisotopic (exact) mass is 498 g/mol. The number of amides is 2. The number of allylic oxidation sites excluding steroid dienone is 1. The van der Waals surface area contributed by atoms with Crippen molar-refractivity contribution < 1.29 is 18.4 Å². The van der Waals surface area contributed by atoms with Crippen molar-refractivity contribution in [1.82, 2.24) is 15.5 Å². The van der Waals surface area contributed by atoms with Crippen LogP contribution in [0.2, 0.25) is 0 Å². The molecule has 7 nitrogen and oxygen atoms in total. The van der Waals surface area contributed by atoms with Crippen LogP contribution in [-0.4, -0.2) is 22.8 Å². The van der Waals surface area contributed by atoms with Crippen molar-refractivity contribution in [3.8, 4) is 17.1 Å². The minimum Gasteiger partial charge on any atom is -0.494 e. The number of nitrogens with zero attached hydrogens (tertiary/aromatic N) is 3. The minimum absolute atomic E-state index is 0.268. The van der Waals surface area contributed by atoms with Gasteiger partial charge in [-0.15, -0.1) is 0 Å². The number of aryl methyl sites for hydroxylation is 2. The molecule has 1 unspecified atom stereocenters. The molecule has 4 aromatic rings. The Morgan fingerprint density at radius 3 is 2.43 bits per heavy atom. The normalized spacial score (nSPS) is 15.6. The van der Waals surface area contributed by atoms with E-state index in [0.717, 1.165) is 22.4 Å². The van der Waals surface area contributed by atoms with Gasteiger partial charge in [0, 0.05) is 11.3 Å². The Labute approximate surface area is 214 Å². The van der Waals surface area contributed by atoms with Crippen molar-refractivity contribution >= 4 is 17.3 Å². The second-order valence-electron chi connectivity index (χ2n) is 8.94. The summed E-state index contributed by atoms with van der Waals surface area (Å²) in [4.78, 5) is 19.4. The molecule has 0 aliphatic carbocycles. The molecular formula is C29H27FN4O3. The summed E-state index contributed by atoms with van der Waals surface area (Å²) in [6.07, 6.45) is 0. The summed E-state index contributed by atoms with van der Waals surface area (Å²) in [5, 5.41) is 7.25. The summed E-state index contributed by atoms with van der Waals surface area (Å²) in [6.45, 7) is 7.98. The van der Waals surface area contributed by atoms with Gasteiger partial charge >= 0.3 is 6.03 Å². The Morgan fingerprint density at radius 1 is 1.03 bits per heavy atom. The summed E-state index contributed by atoms with van der Waals surface area (Å²) in [5.74, 6) is 1.04. The fraction of sp³-hybridized carbons (Fsp3) is 0.207. The molecule has 0 radical (unpaired) electrons. The highest BCUT2D eigenvalue weighted by Gasteiger charge is 2.36. The van der Waals surface area contributed by atoms with E-state index in [1.165, 1.54) is 11.0 Å². The largest absolute Gasteiger partial charge is 0.494 e. The van der Waals surface area contributed by atoms with Gasteiger partial charge in [0.05, 0.1) is 23.9 Å². The van der Waals surface area contributed by atoms with Crippen LogP contribution in [0.25, 0.3) is 17.0 Å². The number of aromatic nitrogens is 2. The topological polar surface area (TPSA) is 80.5 Å². The number of nitrogens with one attached hydrogen (secondary N) is 1. The molecule has 0 saturated heterocycles. The molecule has 0 fully saturated rings. The fourth-order valence-corrected chi connectivity index (χ4v) is 4.38. The van der Waals surface area contributed by atoms with Crippen LogP contribution >= 0.6 is 0 Å². The first-order valence-corrected chi connectivity index (χ1v) is 12.1. The molecule has 3 aromatic carbocycles. The second kappa shape index (κ2) is 9.89. The number of benzene rings is 3. The maximum atomic E-state index is 14.4. The first kappa shape index (κ1) is 24.2. The third-order valence-corrected chi connectivity index (χ3v) is 6.39. The quantitative estimate of drug-likeness (QED) is 0.324. The van der Waals surface area contributed by atoms with Gasteiger partial charge in [0.15, 0.2) is 0 Å². The van der Waals surface area contributed by atoms with E-state index in [2.05, 4.69) is 15.5 Å². The van der Waals surface area contributed by atoms with Crippen LogP contribution in [0, 0.1) is 19.7 Å². The van der Waals surface area contributed by atoms with Gasteiger partial charge in [-0.2, -0.15) is 4.98 Å². The van der Waals surface area contributed by atoms with E-state index >= 15 is 0 Å². The SMILES string of the molecule is CCOc1ccc(-c2noc(C3=C(C)N(c4ccc(C)c(F)c4)C(=O)NC3c3ccc(C)cc3)n2)cc1. The average Bonchev–Trinajstić information content (AvgIpc) is 3.37. The molecule has 0 spiro atoms. The molecule has 37 heavy (non-hydrogen) atoms. The van der Waals surface area contributed by atoms with Gasteiger partial charge in [0.1, 0.15) is 11.6 Å². The molecule has 0 saturated carbocycles. The molecule has 1 aliphatic heterocycles. The van der Waals surface area contributed by atoms with Crippen molar-refractivity contribution in [2.45, 2.75) is 33.7 Å². The van der Waals surface area contributed by atoms with Gasteiger partial charge in [0.25, 0.3) is 5.89 Å². The first-order chi connectivity index (χ1) is 17.9. The number of ether oxygens (including phenoxy) is 1. The molecule has 5 rings (SSSR count). The van der Waals surface area contributed by atoms with Crippen molar-refractivity contribution in [1.29, 1.82) is 0 Å². The maximum absolute atomic E-state index is 14.4. The second-order valence-corrected chi connectivity index (χ2v) is 8.94. The predicted molar refractivity (Wildman–Crippen MR) is 140 cm³/mol. The molecule has 1 atom stereocenters. The van der Waals surface area contributed by atoms with Crippen molar-refractivity contribution in [2.24, 2.45) is 0 Å². The Morgan fingerprint density at radius 2 is 1.76 bits per heavy atom. The summed E-state index contributed by atoms with van der Waals surface area (Å²) in [6, 6.07) is 19.1. The minimum atomic E-state index is -0.534. The molecule has 1 N–H and O–H groups in total. The number of halogens is 1. The van der Waals surface area contributed by atoms with Crippen LogP contribution in [0.5, 0.6) is 5.75 Å². The predicted octanol–water partition coefficient (Wildman–Crippen LogP) is 6.59. The zero-order valence-electron chi connectivity index (χ0n) is 21.1. The van der Waals surface area contributed by atoms with Gasteiger partial charge in [-0.05, 0) is 75.2 Å². The van der Waals surface area contributed by atoms with E-state index in [9.17, 15) is 9.18 Å². The van der Waals surface area contributed by atoms with E-state index in [0.29, 0.717) is 35.0 Å². The van der Waals surface area contributed by atoms with Crippen molar-refractivity contribution in [2.75, 3.05) is 11.5 Å². The summed E-state index contributed by atoms with van der Waals surface area (Å²) < 4.78 is 25.7. The van der Waals surface area contributed by atoms with E-state index < -0.39 is 11.9 Å². The molecule has 0 bridgehead atoms. The van der Waals surface area contributed by atoms with Gasteiger partial charge in [-0.25, -0.2) is 9.18 Å². The molecule has 1 aromatic heterocycles. The lowest BCUT2D eigenvalue weighted by atomic mass is 9.94. The highest BCUT2D eigenvalue weighted by atomic mass is 19.1. The van der Waals surface area contributed by atoms with Crippen LogP contribution in [0.4, 0.5) is 14.9 Å². The summed E-state index contributed by atoms with van der Waals surface area (Å²) in [5.41, 5.74) is 4.83. The number of carbonyl (C=O) groups excluding carboxylic acids is 1. The summed E-state index contributed by atoms with van der Waals surface area (Å²) >= 11 is 0. The van der Waals surface area contributed by atoms with Gasteiger partial charge < -0.3 is 14.6 Å². The van der Waals surface area contributed by atoms with Gasteiger partial charge in [-0.1, -0.05) is 41.1 Å². The maximum Gasteiger partial charge on any atom is 0.327 e. The van der Waals surface area contributed by atoms with Crippen molar-refractivity contribution in [3.05, 3.63) is 101 Å².